The van der Waals surface area contributed by atoms with Crippen molar-refractivity contribution in [3.05, 3.63) is 42.5 Å². The molecule has 2 fully saturated rings. The molecule has 2 saturated heterocycles. The van der Waals surface area contributed by atoms with E-state index in [4.69, 9.17) is 14.3 Å². The predicted octanol–water partition coefficient (Wildman–Crippen LogP) is 2.88. The number of H-pyrrole nitrogens is 1. The van der Waals surface area contributed by atoms with Crippen molar-refractivity contribution in [2.75, 3.05) is 7.05 Å². The molecule has 1 amide bonds. The van der Waals surface area contributed by atoms with Crippen molar-refractivity contribution >= 4 is 23.3 Å². The van der Waals surface area contributed by atoms with Gasteiger partial charge in [0.1, 0.15) is 0 Å². The molecule has 2 bridgehead atoms. The van der Waals surface area contributed by atoms with Gasteiger partial charge < -0.3 is 19.7 Å². The zero-order valence-corrected chi connectivity index (χ0v) is 16.2. The number of rotatable bonds is 3. The molecule has 2 atom stereocenters. The van der Waals surface area contributed by atoms with E-state index in [2.05, 4.69) is 27.5 Å². The average molecular weight is 396 g/mol. The van der Waals surface area contributed by atoms with Crippen molar-refractivity contribution in [1.29, 1.82) is 0 Å². The first-order valence-electron chi connectivity index (χ1n) is 9.72. The highest BCUT2D eigenvalue weighted by molar-refractivity contribution is 6.05. The van der Waals surface area contributed by atoms with E-state index in [-0.39, 0.29) is 18.4 Å². The van der Waals surface area contributed by atoms with Crippen molar-refractivity contribution in [3.8, 4) is 11.1 Å². The molecule has 3 N–H and O–H groups in total. The van der Waals surface area contributed by atoms with Crippen LogP contribution < -0.4 is 5.32 Å². The lowest BCUT2D eigenvalue weighted by molar-refractivity contribution is -0.122. The maximum Gasteiger partial charge on any atom is 0.290 e. The van der Waals surface area contributed by atoms with Crippen LogP contribution in [0, 0.1) is 0 Å². The molecular weight excluding hydrogens is 372 g/mol. The Hall–Kier alpha value is -3.13. The molecule has 2 unspecified atom stereocenters. The molecule has 2 aliphatic rings. The maximum atomic E-state index is 12.8. The fourth-order valence-corrected chi connectivity index (χ4v) is 4.58. The summed E-state index contributed by atoms with van der Waals surface area (Å²) >= 11 is 0. The Kier molecular flexibility index (Phi) is 5.35. The van der Waals surface area contributed by atoms with Crippen LogP contribution in [-0.4, -0.2) is 57.8 Å². The molecule has 8 nitrogen and oxygen atoms in total. The molecule has 0 spiro atoms. The molecule has 152 valence electrons. The summed E-state index contributed by atoms with van der Waals surface area (Å²) in [5.74, 6) is -0.0822. The van der Waals surface area contributed by atoms with E-state index in [1.165, 1.54) is 12.8 Å². The molecule has 1 aromatic carbocycles. The van der Waals surface area contributed by atoms with Crippen LogP contribution in [0.4, 0.5) is 0 Å². The number of aromatic amines is 1. The van der Waals surface area contributed by atoms with Gasteiger partial charge in [0.2, 0.25) is 0 Å². The summed E-state index contributed by atoms with van der Waals surface area (Å²) in [6.45, 7) is -0.250. The van der Waals surface area contributed by atoms with Crippen molar-refractivity contribution in [3.63, 3.8) is 0 Å². The molecular formula is C21H24N4O4. The van der Waals surface area contributed by atoms with Gasteiger partial charge in [0.15, 0.2) is 5.69 Å². The second-order valence-electron chi connectivity index (χ2n) is 7.64. The van der Waals surface area contributed by atoms with Crippen LogP contribution in [0.2, 0.25) is 0 Å². The van der Waals surface area contributed by atoms with E-state index < -0.39 is 0 Å². The number of nitrogens with zero attached hydrogens (tertiary/aromatic N) is 2. The number of carbonyl (C=O) groups is 2. The first kappa shape index (κ1) is 19.2. The fourth-order valence-electron chi connectivity index (χ4n) is 4.58. The Morgan fingerprint density at radius 2 is 2.00 bits per heavy atom. The van der Waals surface area contributed by atoms with Crippen LogP contribution >= 0.6 is 0 Å². The van der Waals surface area contributed by atoms with Gasteiger partial charge >= 0.3 is 0 Å². The number of carbonyl (C=O) groups excluding carboxylic acids is 1. The van der Waals surface area contributed by atoms with Crippen LogP contribution in [0.5, 0.6) is 0 Å². The van der Waals surface area contributed by atoms with Gasteiger partial charge in [-0.25, -0.2) is 0 Å². The van der Waals surface area contributed by atoms with E-state index in [0.717, 1.165) is 34.9 Å². The van der Waals surface area contributed by atoms with Gasteiger partial charge in [-0.1, -0.05) is 6.07 Å². The van der Waals surface area contributed by atoms with E-state index in [1.807, 2.05) is 24.3 Å². The first-order valence-corrected chi connectivity index (χ1v) is 9.72. The topological polar surface area (TPSA) is 111 Å². The predicted molar refractivity (Wildman–Crippen MR) is 108 cm³/mol. The van der Waals surface area contributed by atoms with Crippen LogP contribution in [0.1, 0.15) is 36.2 Å². The summed E-state index contributed by atoms with van der Waals surface area (Å²) in [6.07, 6.45) is 7.92. The summed E-state index contributed by atoms with van der Waals surface area (Å²) in [5, 5.41) is 18.2. The second-order valence-corrected chi connectivity index (χ2v) is 7.64. The van der Waals surface area contributed by atoms with Gasteiger partial charge in [0.25, 0.3) is 12.4 Å². The standard InChI is InChI=1S/C20H22N4O2.CH2O2/c1-24-15-3-4-16(24)10-14(9-15)21-20(25)19-17-5-2-12(8-18(17)22-23-19)13-6-7-26-11-13;2-1-3/h2,5-8,11,14-16H,3-4,9-10H2,1H3,(H,21,25)(H,22,23);1H,(H,2,3). The van der Waals surface area contributed by atoms with Crippen LogP contribution in [0.25, 0.3) is 22.0 Å². The van der Waals surface area contributed by atoms with Gasteiger partial charge in [-0.15, -0.1) is 0 Å². The minimum absolute atomic E-state index is 0.0822. The number of nitrogens with one attached hydrogen (secondary N) is 2. The second kappa shape index (κ2) is 8.08. The Bertz CT molecular complexity index is 983. The fraction of sp³-hybridized carbons (Fsp3) is 0.381. The minimum atomic E-state index is -0.250. The molecule has 4 heterocycles. The third kappa shape index (κ3) is 3.75. The number of furan rings is 1. The number of fused-ring (bicyclic) bond motifs is 3. The smallest absolute Gasteiger partial charge is 0.290 e. The number of amides is 1. The third-order valence-corrected chi connectivity index (χ3v) is 6.07. The highest BCUT2D eigenvalue weighted by Crippen LogP contribution is 2.34. The number of hydrogen-bond acceptors (Lipinski definition) is 5. The lowest BCUT2D eigenvalue weighted by atomic mass is 9.98. The number of benzene rings is 1. The monoisotopic (exact) mass is 396 g/mol. The maximum absolute atomic E-state index is 12.8. The Morgan fingerprint density at radius 1 is 1.28 bits per heavy atom. The Labute approximate surface area is 167 Å². The summed E-state index contributed by atoms with van der Waals surface area (Å²) in [6, 6.07) is 9.32. The average Bonchev–Trinajstić information content (AvgIpc) is 3.41. The summed E-state index contributed by atoms with van der Waals surface area (Å²) in [5.41, 5.74) is 3.38. The summed E-state index contributed by atoms with van der Waals surface area (Å²) in [4.78, 5) is 23.6. The van der Waals surface area contributed by atoms with Crippen molar-refractivity contribution in [1.82, 2.24) is 20.4 Å². The molecule has 29 heavy (non-hydrogen) atoms. The first-order chi connectivity index (χ1) is 14.1. The van der Waals surface area contributed by atoms with Crippen molar-refractivity contribution in [2.24, 2.45) is 0 Å². The van der Waals surface area contributed by atoms with Crippen molar-refractivity contribution < 1.29 is 19.1 Å². The SMILES string of the molecule is CN1C2CCC1CC(NC(=O)c1n[nH]c3cc(-c4ccoc4)ccc13)C2.O=CO. The lowest BCUT2D eigenvalue weighted by Gasteiger charge is -2.36. The van der Waals surface area contributed by atoms with E-state index in [1.54, 1.807) is 12.5 Å². The molecule has 3 aromatic rings. The largest absolute Gasteiger partial charge is 0.483 e. The minimum Gasteiger partial charge on any atom is -0.483 e. The van der Waals surface area contributed by atoms with Gasteiger partial charge in [-0.05, 0) is 56.5 Å². The van der Waals surface area contributed by atoms with Crippen molar-refractivity contribution in [2.45, 2.75) is 43.8 Å². The van der Waals surface area contributed by atoms with Crippen LogP contribution in [-0.2, 0) is 4.79 Å². The number of aromatic nitrogens is 2. The third-order valence-electron chi connectivity index (χ3n) is 6.07. The van der Waals surface area contributed by atoms with E-state index in [9.17, 15) is 4.79 Å². The van der Waals surface area contributed by atoms with Crippen LogP contribution in [0.3, 0.4) is 0 Å². The zero-order valence-electron chi connectivity index (χ0n) is 16.2. The highest BCUT2D eigenvalue weighted by atomic mass is 16.3. The zero-order chi connectivity index (χ0) is 20.4. The van der Waals surface area contributed by atoms with Crippen LogP contribution in [0.15, 0.2) is 41.2 Å². The quantitative estimate of drug-likeness (QED) is 0.587. The Balaban J connectivity index is 0.000000645. The number of hydrogen-bond donors (Lipinski definition) is 3. The molecule has 0 saturated carbocycles. The van der Waals surface area contributed by atoms with E-state index in [0.29, 0.717) is 17.8 Å². The molecule has 8 heteroatoms. The molecule has 0 aliphatic carbocycles. The van der Waals surface area contributed by atoms with Gasteiger partial charge in [-0.3, -0.25) is 14.7 Å². The molecule has 0 radical (unpaired) electrons. The highest BCUT2D eigenvalue weighted by Gasteiger charge is 2.39. The molecule has 2 aliphatic heterocycles. The number of carboxylic acid groups (broad SMARTS) is 1. The normalized spacial score (nSPS) is 23.4. The van der Waals surface area contributed by atoms with Gasteiger partial charge in [-0.2, -0.15) is 5.10 Å². The number of piperidine rings is 1. The molecule has 2 aromatic heterocycles. The van der Waals surface area contributed by atoms with E-state index >= 15 is 0 Å². The van der Waals surface area contributed by atoms with Gasteiger partial charge in [0, 0.05) is 29.1 Å². The molecule has 5 rings (SSSR count). The summed E-state index contributed by atoms with van der Waals surface area (Å²) in [7, 11) is 2.21. The summed E-state index contributed by atoms with van der Waals surface area (Å²) < 4.78 is 5.15. The lowest BCUT2D eigenvalue weighted by Crippen LogP contribution is -2.48. The van der Waals surface area contributed by atoms with Gasteiger partial charge in [0.05, 0.1) is 18.0 Å². The Morgan fingerprint density at radius 3 is 2.66 bits per heavy atom.